The number of carbonyl (C=O) groups is 1. The molecule has 116 valence electrons. The first kappa shape index (κ1) is 15.5. The maximum absolute atomic E-state index is 12.8. The molecule has 1 aliphatic rings. The van der Waals surface area contributed by atoms with Gasteiger partial charge in [0.05, 0.1) is 13.2 Å². The van der Waals surface area contributed by atoms with Gasteiger partial charge in [0, 0.05) is 18.7 Å². The normalized spacial score (nSPS) is 19.6. The van der Waals surface area contributed by atoms with Crippen LogP contribution < -0.4 is 16.4 Å². The maximum atomic E-state index is 12.8. The predicted molar refractivity (Wildman–Crippen MR) is 68.3 cm³/mol. The number of rotatable bonds is 3. The van der Waals surface area contributed by atoms with Gasteiger partial charge in [-0.1, -0.05) is 6.07 Å². The molecule has 1 aromatic heterocycles. The van der Waals surface area contributed by atoms with E-state index in [1.165, 1.54) is 11.0 Å². The summed E-state index contributed by atoms with van der Waals surface area (Å²) in [6.45, 7) is 0.501. The van der Waals surface area contributed by atoms with E-state index in [0.717, 1.165) is 6.07 Å². The van der Waals surface area contributed by atoms with E-state index in [4.69, 9.17) is 16.2 Å². The average molecular weight is 304 g/mol. The van der Waals surface area contributed by atoms with Crippen molar-refractivity contribution in [3.63, 3.8) is 0 Å². The number of hydrogen-bond donors (Lipinski definition) is 2. The highest BCUT2D eigenvalue weighted by Crippen LogP contribution is 2.31. The Labute approximate surface area is 118 Å². The summed E-state index contributed by atoms with van der Waals surface area (Å²) in [5.74, 6) is -0.656. The third kappa shape index (κ3) is 3.24. The quantitative estimate of drug-likeness (QED) is 0.835. The number of aromatic nitrogens is 1. The van der Waals surface area contributed by atoms with E-state index in [0.29, 0.717) is 5.56 Å². The average Bonchev–Trinajstić information content (AvgIpc) is 2.45. The molecule has 6 nitrogen and oxygen atoms in total. The topological polar surface area (TPSA) is 94.5 Å². The second-order valence-corrected chi connectivity index (χ2v) is 4.57. The summed E-state index contributed by atoms with van der Waals surface area (Å²) in [5.41, 5.74) is 10.2. The van der Waals surface area contributed by atoms with Crippen molar-refractivity contribution in [2.75, 3.05) is 24.7 Å². The zero-order valence-corrected chi connectivity index (χ0v) is 11.1. The van der Waals surface area contributed by atoms with Crippen molar-refractivity contribution in [3.05, 3.63) is 23.4 Å². The molecule has 21 heavy (non-hydrogen) atoms. The van der Waals surface area contributed by atoms with Crippen molar-refractivity contribution in [2.24, 2.45) is 11.5 Å². The van der Waals surface area contributed by atoms with Crippen LogP contribution in [0.15, 0.2) is 12.1 Å². The number of pyridine rings is 1. The summed E-state index contributed by atoms with van der Waals surface area (Å²) in [5, 5.41) is 0. The van der Waals surface area contributed by atoms with Crippen LogP contribution in [0.25, 0.3) is 0 Å². The number of nitrogens with zero attached hydrogens (tertiary/aromatic N) is 2. The van der Waals surface area contributed by atoms with Crippen molar-refractivity contribution < 1.29 is 22.7 Å². The van der Waals surface area contributed by atoms with Crippen LogP contribution in [0.2, 0.25) is 0 Å². The second kappa shape index (κ2) is 5.86. The summed E-state index contributed by atoms with van der Waals surface area (Å²) in [7, 11) is 0. The lowest BCUT2D eigenvalue weighted by Crippen LogP contribution is -2.53. The molecule has 1 atom stereocenters. The van der Waals surface area contributed by atoms with Crippen LogP contribution in [0.5, 0.6) is 0 Å². The van der Waals surface area contributed by atoms with Crippen LogP contribution in [0.3, 0.4) is 0 Å². The molecule has 1 aliphatic heterocycles. The van der Waals surface area contributed by atoms with Crippen molar-refractivity contribution >= 4 is 11.7 Å². The Morgan fingerprint density at radius 2 is 2.19 bits per heavy atom. The predicted octanol–water partition coefficient (Wildman–Crippen LogP) is 0.250. The zero-order valence-electron chi connectivity index (χ0n) is 11.1. The van der Waals surface area contributed by atoms with Crippen LogP contribution >= 0.6 is 0 Å². The Balaban J connectivity index is 2.46. The van der Waals surface area contributed by atoms with E-state index in [-0.39, 0.29) is 32.1 Å². The highest BCUT2D eigenvalue weighted by Gasteiger charge is 2.35. The van der Waals surface area contributed by atoms with Crippen molar-refractivity contribution in [1.29, 1.82) is 0 Å². The lowest BCUT2D eigenvalue weighted by Gasteiger charge is -2.35. The van der Waals surface area contributed by atoms with Gasteiger partial charge in [-0.2, -0.15) is 13.2 Å². The Hall–Kier alpha value is -1.87. The molecule has 2 rings (SSSR count). The van der Waals surface area contributed by atoms with Crippen molar-refractivity contribution in [2.45, 2.75) is 18.8 Å². The Bertz CT molecular complexity index is 536. The monoisotopic (exact) mass is 304 g/mol. The van der Waals surface area contributed by atoms with E-state index in [2.05, 4.69) is 4.98 Å². The Kier molecular flexibility index (Phi) is 4.33. The fraction of sp³-hybridized carbons (Fsp3) is 0.500. The molecule has 0 radical (unpaired) electrons. The number of carbonyl (C=O) groups excluding carboxylic acids is 1. The van der Waals surface area contributed by atoms with Crippen LogP contribution in [0, 0.1) is 0 Å². The summed E-state index contributed by atoms with van der Waals surface area (Å²) in [6.07, 6.45) is -4.57. The zero-order chi connectivity index (χ0) is 15.6. The van der Waals surface area contributed by atoms with Crippen LogP contribution in [-0.4, -0.2) is 36.7 Å². The molecule has 1 fully saturated rings. The van der Waals surface area contributed by atoms with Gasteiger partial charge in [0.1, 0.15) is 17.6 Å². The Morgan fingerprint density at radius 1 is 1.48 bits per heavy atom. The second-order valence-electron chi connectivity index (χ2n) is 4.57. The minimum Gasteiger partial charge on any atom is -0.377 e. The first-order chi connectivity index (χ1) is 9.84. The van der Waals surface area contributed by atoms with E-state index in [1.807, 2.05) is 0 Å². The molecule has 0 aliphatic carbocycles. The summed E-state index contributed by atoms with van der Waals surface area (Å²) in [6, 6.07) is 1.27. The lowest BCUT2D eigenvalue weighted by molar-refractivity contribution is -0.141. The number of anilines is 1. The standard InChI is InChI=1S/C12H15F3N4O2/c13-12(14,15)9-2-1-7(5-16)11(18-9)19-3-4-21-6-8(19)10(17)20/h1-2,8H,3-6,16H2,(H2,17,20). The van der Waals surface area contributed by atoms with E-state index in [1.54, 1.807) is 0 Å². The molecule has 1 unspecified atom stereocenters. The van der Waals surface area contributed by atoms with E-state index < -0.39 is 23.8 Å². The third-order valence-electron chi connectivity index (χ3n) is 3.20. The number of hydrogen-bond acceptors (Lipinski definition) is 5. The lowest BCUT2D eigenvalue weighted by atomic mass is 10.1. The van der Waals surface area contributed by atoms with E-state index >= 15 is 0 Å². The maximum Gasteiger partial charge on any atom is 0.433 e. The highest BCUT2D eigenvalue weighted by atomic mass is 19.4. The number of amides is 1. The summed E-state index contributed by atoms with van der Waals surface area (Å²) in [4.78, 5) is 16.5. The van der Waals surface area contributed by atoms with Gasteiger partial charge >= 0.3 is 6.18 Å². The molecule has 2 heterocycles. The summed E-state index contributed by atoms with van der Waals surface area (Å²) >= 11 is 0. The third-order valence-corrected chi connectivity index (χ3v) is 3.20. The van der Waals surface area contributed by atoms with Gasteiger partial charge < -0.3 is 21.1 Å². The first-order valence-corrected chi connectivity index (χ1v) is 6.25. The SMILES string of the molecule is NCc1ccc(C(F)(F)F)nc1N1CCOCC1C(N)=O. The van der Waals surface area contributed by atoms with Crippen LogP contribution in [0.4, 0.5) is 19.0 Å². The number of primary amides is 1. The number of alkyl halides is 3. The fourth-order valence-electron chi connectivity index (χ4n) is 2.14. The molecule has 4 N–H and O–H groups in total. The van der Waals surface area contributed by atoms with Gasteiger partial charge in [-0.3, -0.25) is 4.79 Å². The molecule has 0 saturated carbocycles. The molecule has 9 heteroatoms. The molecule has 0 aromatic carbocycles. The van der Waals surface area contributed by atoms with Gasteiger partial charge in [0.25, 0.3) is 0 Å². The smallest absolute Gasteiger partial charge is 0.377 e. The summed E-state index contributed by atoms with van der Waals surface area (Å²) < 4.78 is 43.5. The minimum absolute atomic E-state index is 0.00328. The number of halogens is 3. The molecule has 1 aromatic rings. The molecule has 1 saturated heterocycles. The highest BCUT2D eigenvalue weighted by molar-refractivity contribution is 5.84. The minimum atomic E-state index is -4.57. The number of ether oxygens (including phenoxy) is 1. The molecule has 0 bridgehead atoms. The van der Waals surface area contributed by atoms with Gasteiger partial charge in [-0.25, -0.2) is 4.98 Å². The van der Waals surface area contributed by atoms with E-state index in [9.17, 15) is 18.0 Å². The largest absolute Gasteiger partial charge is 0.433 e. The molecule has 0 spiro atoms. The van der Waals surface area contributed by atoms with Gasteiger partial charge in [0.15, 0.2) is 0 Å². The Morgan fingerprint density at radius 3 is 2.76 bits per heavy atom. The molecule has 1 amide bonds. The van der Waals surface area contributed by atoms with Crippen molar-refractivity contribution in [1.82, 2.24) is 4.98 Å². The van der Waals surface area contributed by atoms with Gasteiger partial charge in [-0.05, 0) is 6.07 Å². The van der Waals surface area contributed by atoms with Gasteiger partial charge in [-0.15, -0.1) is 0 Å². The number of nitrogens with two attached hydrogens (primary N) is 2. The van der Waals surface area contributed by atoms with Crippen LogP contribution in [0.1, 0.15) is 11.3 Å². The fourth-order valence-corrected chi connectivity index (χ4v) is 2.14. The molecular weight excluding hydrogens is 289 g/mol. The number of morpholine rings is 1. The van der Waals surface area contributed by atoms with Crippen molar-refractivity contribution in [3.8, 4) is 0 Å². The first-order valence-electron chi connectivity index (χ1n) is 6.25. The van der Waals surface area contributed by atoms with Crippen LogP contribution in [-0.2, 0) is 22.3 Å². The molecular formula is C12H15F3N4O2. The van der Waals surface area contributed by atoms with Gasteiger partial charge in [0.2, 0.25) is 5.91 Å².